The van der Waals surface area contributed by atoms with Crippen molar-refractivity contribution in [2.24, 2.45) is 10.2 Å². The van der Waals surface area contributed by atoms with Crippen LogP contribution in [0.5, 0.6) is 5.75 Å². The van der Waals surface area contributed by atoms with Crippen LogP contribution in [-0.4, -0.2) is 15.1 Å². The van der Waals surface area contributed by atoms with E-state index in [2.05, 4.69) is 20.2 Å². The molecule has 0 radical (unpaired) electrons. The molecule has 3 N–H and O–H groups in total. The lowest BCUT2D eigenvalue weighted by Crippen LogP contribution is -1.83. The third-order valence-electron chi connectivity index (χ3n) is 2.67. The van der Waals surface area contributed by atoms with E-state index in [0.29, 0.717) is 21.5 Å². The van der Waals surface area contributed by atoms with Crippen molar-refractivity contribution in [3.05, 3.63) is 48.8 Å². The highest BCUT2D eigenvalue weighted by Crippen LogP contribution is 2.37. The van der Waals surface area contributed by atoms with Gasteiger partial charge in [0.25, 0.3) is 0 Å². The van der Waals surface area contributed by atoms with Gasteiger partial charge < -0.3 is 10.8 Å². The van der Waals surface area contributed by atoms with E-state index < -0.39 is 0 Å². The van der Waals surface area contributed by atoms with Crippen LogP contribution in [-0.2, 0) is 0 Å². The zero-order valence-corrected chi connectivity index (χ0v) is 11.7. The number of phenols is 1. The number of rotatable bonds is 3. The molecule has 0 fully saturated rings. The molecule has 0 saturated heterocycles. The van der Waals surface area contributed by atoms with Crippen molar-refractivity contribution in [1.29, 1.82) is 0 Å². The quantitative estimate of drug-likeness (QED) is 0.716. The Bertz CT molecular complexity index is 768. The molecule has 0 aliphatic heterocycles. The van der Waals surface area contributed by atoms with Crippen LogP contribution in [0.15, 0.2) is 59.0 Å². The van der Waals surface area contributed by atoms with E-state index in [1.54, 1.807) is 36.7 Å². The van der Waals surface area contributed by atoms with Crippen LogP contribution in [0.1, 0.15) is 0 Å². The number of aromatic hydroxyl groups is 1. The largest absolute Gasteiger partial charge is 0.508 e. The summed E-state index contributed by atoms with van der Waals surface area (Å²) in [6.45, 7) is 0. The van der Waals surface area contributed by atoms with Crippen molar-refractivity contribution in [2.75, 3.05) is 5.73 Å². The van der Waals surface area contributed by atoms with Gasteiger partial charge in [-0.2, -0.15) is 0 Å². The van der Waals surface area contributed by atoms with E-state index in [1.165, 1.54) is 11.3 Å². The minimum Gasteiger partial charge on any atom is -0.508 e. The number of pyridine rings is 1. The van der Waals surface area contributed by atoms with Crippen molar-refractivity contribution >= 4 is 27.2 Å². The fraction of sp³-hybridized carbons (Fsp3) is 0. The first-order chi connectivity index (χ1) is 10.2. The van der Waals surface area contributed by atoms with Crippen molar-refractivity contribution in [1.82, 2.24) is 9.97 Å². The number of nitrogen functional groups attached to an aromatic ring is 1. The van der Waals surface area contributed by atoms with Crippen LogP contribution in [0.25, 0.3) is 11.3 Å². The number of hydrogen-bond donors (Lipinski definition) is 2. The second kappa shape index (κ2) is 5.68. The van der Waals surface area contributed by atoms with Gasteiger partial charge in [0.1, 0.15) is 11.4 Å². The third-order valence-corrected chi connectivity index (χ3v) is 3.44. The highest BCUT2D eigenvalue weighted by molar-refractivity contribution is 7.19. The van der Waals surface area contributed by atoms with E-state index >= 15 is 0 Å². The smallest absolute Gasteiger partial charge is 0.182 e. The Labute approximate surface area is 124 Å². The highest BCUT2D eigenvalue weighted by Gasteiger charge is 2.11. The molecule has 2 aromatic heterocycles. The molecule has 3 rings (SSSR count). The van der Waals surface area contributed by atoms with E-state index in [9.17, 15) is 5.11 Å². The molecule has 104 valence electrons. The molecule has 7 heteroatoms. The molecule has 0 amide bonds. The minimum absolute atomic E-state index is 0.187. The van der Waals surface area contributed by atoms with Crippen LogP contribution in [0.3, 0.4) is 0 Å². The van der Waals surface area contributed by atoms with Crippen LogP contribution >= 0.6 is 11.3 Å². The van der Waals surface area contributed by atoms with Gasteiger partial charge in [0.2, 0.25) is 0 Å². The molecule has 21 heavy (non-hydrogen) atoms. The van der Waals surface area contributed by atoms with Crippen molar-refractivity contribution < 1.29 is 5.11 Å². The van der Waals surface area contributed by atoms with Crippen LogP contribution in [0.4, 0.5) is 15.8 Å². The number of azo groups is 1. The summed E-state index contributed by atoms with van der Waals surface area (Å²) in [5.74, 6) is 0.187. The topological polar surface area (TPSA) is 96.8 Å². The highest BCUT2D eigenvalue weighted by atomic mass is 32.1. The van der Waals surface area contributed by atoms with E-state index in [1.807, 2.05) is 12.1 Å². The number of benzene rings is 1. The second-order valence-corrected chi connectivity index (χ2v) is 5.17. The first-order valence-electron chi connectivity index (χ1n) is 6.10. The zero-order valence-electron chi connectivity index (χ0n) is 10.8. The van der Waals surface area contributed by atoms with Gasteiger partial charge in [0, 0.05) is 18.0 Å². The summed E-state index contributed by atoms with van der Waals surface area (Å²) in [7, 11) is 0. The third kappa shape index (κ3) is 3.03. The average Bonchev–Trinajstić information content (AvgIpc) is 2.89. The lowest BCUT2D eigenvalue weighted by Gasteiger charge is -1.96. The maximum absolute atomic E-state index is 9.23. The van der Waals surface area contributed by atoms with Crippen LogP contribution in [0.2, 0.25) is 0 Å². The molecular formula is C14H11N5OS. The van der Waals surface area contributed by atoms with Crippen molar-refractivity contribution in [3.8, 4) is 17.0 Å². The summed E-state index contributed by atoms with van der Waals surface area (Å²) in [5.41, 5.74) is 7.89. The Morgan fingerprint density at radius 3 is 2.62 bits per heavy atom. The fourth-order valence-corrected chi connectivity index (χ4v) is 2.39. The van der Waals surface area contributed by atoms with Crippen molar-refractivity contribution in [2.45, 2.75) is 0 Å². The van der Waals surface area contributed by atoms with Gasteiger partial charge in [0.05, 0.1) is 5.69 Å². The first-order valence-corrected chi connectivity index (χ1v) is 6.91. The SMILES string of the molecule is Nc1nc(-c2cccnc2)c(N=Nc2ccc(O)cc2)s1. The molecule has 0 saturated carbocycles. The maximum atomic E-state index is 9.23. The lowest BCUT2D eigenvalue weighted by atomic mass is 10.2. The Hall–Kier alpha value is -2.80. The summed E-state index contributed by atoms with van der Waals surface area (Å²) < 4.78 is 0. The predicted molar refractivity (Wildman–Crippen MR) is 82.0 cm³/mol. The van der Waals surface area contributed by atoms with Gasteiger partial charge in [-0.1, -0.05) is 11.3 Å². The summed E-state index contributed by atoms with van der Waals surface area (Å²) in [6.07, 6.45) is 3.39. The second-order valence-electron chi connectivity index (χ2n) is 4.16. The first kappa shape index (κ1) is 13.2. The van der Waals surface area contributed by atoms with E-state index in [-0.39, 0.29) is 5.75 Å². The number of hydrogen-bond acceptors (Lipinski definition) is 7. The van der Waals surface area contributed by atoms with Gasteiger partial charge >= 0.3 is 0 Å². The van der Waals surface area contributed by atoms with Gasteiger partial charge in [-0.05, 0) is 36.4 Å². The zero-order chi connectivity index (χ0) is 14.7. The Balaban J connectivity index is 1.94. The van der Waals surface area contributed by atoms with Gasteiger partial charge in [-0.15, -0.1) is 10.2 Å². The minimum atomic E-state index is 0.187. The summed E-state index contributed by atoms with van der Waals surface area (Å²) in [6, 6.07) is 10.2. The predicted octanol–water partition coefficient (Wildman–Crippen LogP) is 3.91. The van der Waals surface area contributed by atoms with Crippen LogP contribution in [0, 0.1) is 0 Å². The normalized spacial score (nSPS) is 11.0. The Kier molecular flexibility index (Phi) is 3.57. The Morgan fingerprint density at radius 1 is 1.10 bits per heavy atom. The van der Waals surface area contributed by atoms with Crippen LogP contribution < -0.4 is 5.73 Å². The molecule has 6 nitrogen and oxygen atoms in total. The molecule has 0 aliphatic carbocycles. The number of aromatic nitrogens is 2. The molecule has 3 aromatic rings. The number of nitrogens with two attached hydrogens (primary N) is 1. The van der Waals surface area contributed by atoms with Gasteiger partial charge in [-0.25, -0.2) is 4.98 Å². The van der Waals surface area contributed by atoms with Gasteiger partial charge in [-0.3, -0.25) is 4.98 Å². The molecular weight excluding hydrogens is 286 g/mol. The molecule has 0 unspecified atom stereocenters. The number of nitrogens with zero attached hydrogens (tertiary/aromatic N) is 4. The van der Waals surface area contributed by atoms with E-state index in [0.717, 1.165) is 5.56 Å². The standard InChI is InChI=1S/C14H11N5OS/c15-14-17-12(9-2-1-7-16-8-9)13(21-14)19-18-10-3-5-11(20)6-4-10/h1-8,20H,(H2,15,17). The maximum Gasteiger partial charge on any atom is 0.182 e. The molecule has 2 heterocycles. The summed E-state index contributed by atoms with van der Waals surface area (Å²) >= 11 is 1.26. The molecule has 0 atom stereocenters. The molecule has 0 bridgehead atoms. The Morgan fingerprint density at radius 2 is 1.90 bits per heavy atom. The average molecular weight is 297 g/mol. The summed E-state index contributed by atoms with van der Waals surface area (Å²) in [4.78, 5) is 8.33. The monoisotopic (exact) mass is 297 g/mol. The number of phenolic OH excluding ortho intramolecular Hbond substituents is 1. The summed E-state index contributed by atoms with van der Waals surface area (Å²) in [5, 5.41) is 18.6. The fourth-order valence-electron chi connectivity index (χ4n) is 1.71. The molecule has 0 aliphatic rings. The lowest BCUT2D eigenvalue weighted by molar-refractivity contribution is 0.475. The molecule has 1 aromatic carbocycles. The number of thiazole rings is 1. The van der Waals surface area contributed by atoms with Gasteiger partial charge in [0.15, 0.2) is 10.1 Å². The number of anilines is 1. The van der Waals surface area contributed by atoms with Crippen molar-refractivity contribution in [3.63, 3.8) is 0 Å². The van der Waals surface area contributed by atoms with E-state index in [4.69, 9.17) is 5.73 Å². The molecule has 0 spiro atoms.